The number of amides is 1. The summed E-state index contributed by atoms with van der Waals surface area (Å²) in [5.74, 6) is -0.0634. The third-order valence-corrected chi connectivity index (χ3v) is 1.65. The highest BCUT2D eigenvalue weighted by atomic mass is 16.1. The molecule has 1 unspecified atom stereocenters. The van der Waals surface area contributed by atoms with E-state index in [4.69, 9.17) is 5.26 Å². The average Bonchev–Trinajstić information content (AvgIpc) is 2.12. The number of carbonyl (C=O) groups is 1. The van der Waals surface area contributed by atoms with Crippen molar-refractivity contribution in [1.29, 1.82) is 5.26 Å². The molecule has 0 aromatic heterocycles. The first-order valence-electron chi connectivity index (χ1n) is 5.02. The van der Waals surface area contributed by atoms with E-state index in [1.165, 1.54) is 0 Å². The Morgan fingerprint density at radius 2 is 2.14 bits per heavy atom. The molecule has 0 heterocycles. The van der Waals surface area contributed by atoms with Gasteiger partial charge in [-0.15, -0.1) is 0 Å². The van der Waals surface area contributed by atoms with Crippen LogP contribution >= 0.6 is 0 Å². The van der Waals surface area contributed by atoms with Crippen LogP contribution < -0.4 is 10.6 Å². The zero-order valence-electron chi connectivity index (χ0n) is 9.13. The molecule has 0 saturated carbocycles. The van der Waals surface area contributed by atoms with Crippen LogP contribution in [0.15, 0.2) is 0 Å². The Balaban J connectivity index is 3.82. The Morgan fingerprint density at radius 3 is 2.57 bits per heavy atom. The van der Waals surface area contributed by atoms with E-state index in [2.05, 4.69) is 16.7 Å². The standard InChI is InChI=1S/C10H19N3O/c1-4-5-12-10(14)6-9(7-11)13-8(2)3/h8-9,13H,4-6H2,1-3H3,(H,12,14). The van der Waals surface area contributed by atoms with E-state index in [9.17, 15) is 4.79 Å². The fourth-order valence-corrected chi connectivity index (χ4v) is 1.07. The van der Waals surface area contributed by atoms with Gasteiger partial charge in [0.2, 0.25) is 5.91 Å². The smallest absolute Gasteiger partial charge is 0.222 e. The average molecular weight is 197 g/mol. The van der Waals surface area contributed by atoms with E-state index >= 15 is 0 Å². The molecule has 14 heavy (non-hydrogen) atoms. The fourth-order valence-electron chi connectivity index (χ4n) is 1.07. The number of nitrogens with one attached hydrogen (secondary N) is 2. The first-order valence-corrected chi connectivity index (χ1v) is 5.02. The van der Waals surface area contributed by atoms with Crippen molar-refractivity contribution in [1.82, 2.24) is 10.6 Å². The van der Waals surface area contributed by atoms with Crippen molar-refractivity contribution in [2.75, 3.05) is 6.54 Å². The van der Waals surface area contributed by atoms with Gasteiger partial charge < -0.3 is 5.32 Å². The Bertz CT molecular complexity index is 208. The Hall–Kier alpha value is -1.08. The third kappa shape index (κ3) is 6.44. The molecule has 0 rings (SSSR count). The normalized spacial score (nSPS) is 12.2. The van der Waals surface area contributed by atoms with Gasteiger partial charge in [-0.1, -0.05) is 6.92 Å². The second kappa shape index (κ2) is 7.34. The molecule has 80 valence electrons. The molecule has 0 aliphatic heterocycles. The highest BCUT2D eigenvalue weighted by Gasteiger charge is 2.12. The molecule has 2 N–H and O–H groups in total. The lowest BCUT2D eigenvalue weighted by molar-refractivity contribution is -0.121. The summed E-state index contributed by atoms with van der Waals surface area (Å²) in [6, 6.07) is 1.91. The predicted octanol–water partition coefficient (Wildman–Crippen LogP) is 0.793. The van der Waals surface area contributed by atoms with E-state index in [0.717, 1.165) is 6.42 Å². The van der Waals surface area contributed by atoms with Gasteiger partial charge in [0.15, 0.2) is 0 Å². The van der Waals surface area contributed by atoms with Crippen molar-refractivity contribution in [3.8, 4) is 6.07 Å². The van der Waals surface area contributed by atoms with Crippen molar-refractivity contribution >= 4 is 5.91 Å². The number of nitrogens with zero attached hydrogens (tertiary/aromatic N) is 1. The molecule has 0 aliphatic carbocycles. The number of carbonyl (C=O) groups excluding carboxylic acids is 1. The maximum absolute atomic E-state index is 11.3. The molecule has 1 atom stereocenters. The molecule has 4 heteroatoms. The largest absolute Gasteiger partial charge is 0.356 e. The summed E-state index contributed by atoms with van der Waals surface area (Å²) in [4.78, 5) is 11.3. The molecule has 0 saturated heterocycles. The summed E-state index contributed by atoms with van der Waals surface area (Å²) in [6.45, 7) is 6.58. The topological polar surface area (TPSA) is 64.9 Å². The summed E-state index contributed by atoms with van der Waals surface area (Å²) in [5.41, 5.74) is 0. The van der Waals surface area contributed by atoms with Gasteiger partial charge in [-0.05, 0) is 20.3 Å². The molecule has 0 aromatic carbocycles. The van der Waals surface area contributed by atoms with Gasteiger partial charge in [0.1, 0.15) is 6.04 Å². The number of hydrogen-bond acceptors (Lipinski definition) is 3. The van der Waals surface area contributed by atoms with Crippen molar-refractivity contribution in [3.05, 3.63) is 0 Å². The monoisotopic (exact) mass is 197 g/mol. The van der Waals surface area contributed by atoms with Crippen LogP contribution in [0.3, 0.4) is 0 Å². The van der Waals surface area contributed by atoms with Crippen LogP contribution in [0.2, 0.25) is 0 Å². The van der Waals surface area contributed by atoms with E-state index in [1.807, 2.05) is 20.8 Å². The highest BCUT2D eigenvalue weighted by molar-refractivity contribution is 5.76. The van der Waals surface area contributed by atoms with Crippen LogP contribution in [0.1, 0.15) is 33.6 Å². The summed E-state index contributed by atoms with van der Waals surface area (Å²) in [5, 5.41) is 14.5. The van der Waals surface area contributed by atoms with Gasteiger partial charge in [0.25, 0.3) is 0 Å². The summed E-state index contributed by atoms with van der Waals surface area (Å²) >= 11 is 0. The molecule has 0 aromatic rings. The van der Waals surface area contributed by atoms with Gasteiger partial charge in [0, 0.05) is 12.6 Å². The molecule has 0 spiro atoms. The zero-order chi connectivity index (χ0) is 11.0. The minimum atomic E-state index is -0.383. The van der Waals surface area contributed by atoms with Gasteiger partial charge in [-0.3, -0.25) is 10.1 Å². The first kappa shape index (κ1) is 12.9. The highest BCUT2D eigenvalue weighted by Crippen LogP contribution is 1.93. The van der Waals surface area contributed by atoms with Crippen LogP contribution in [0, 0.1) is 11.3 Å². The first-order chi connectivity index (χ1) is 6.60. The molecule has 0 radical (unpaired) electrons. The lowest BCUT2D eigenvalue weighted by Crippen LogP contribution is -2.38. The van der Waals surface area contributed by atoms with Crippen LogP contribution in [0.4, 0.5) is 0 Å². The Kier molecular flexibility index (Phi) is 6.77. The van der Waals surface area contributed by atoms with E-state index in [1.54, 1.807) is 0 Å². The third-order valence-electron chi connectivity index (χ3n) is 1.65. The molecule has 0 bridgehead atoms. The molecule has 4 nitrogen and oxygen atoms in total. The molecular formula is C10H19N3O. The quantitative estimate of drug-likeness (QED) is 0.661. The van der Waals surface area contributed by atoms with E-state index in [0.29, 0.717) is 6.54 Å². The van der Waals surface area contributed by atoms with E-state index < -0.39 is 0 Å². The maximum atomic E-state index is 11.3. The number of nitriles is 1. The molecule has 0 fully saturated rings. The van der Waals surface area contributed by atoms with Crippen LogP contribution in [-0.2, 0) is 4.79 Å². The van der Waals surface area contributed by atoms with Crippen molar-refractivity contribution in [3.63, 3.8) is 0 Å². The number of rotatable bonds is 6. The maximum Gasteiger partial charge on any atom is 0.222 e. The SMILES string of the molecule is CCCNC(=O)CC(C#N)NC(C)C. The predicted molar refractivity (Wildman–Crippen MR) is 55.6 cm³/mol. The summed E-state index contributed by atoms with van der Waals surface area (Å²) in [7, 11) is 0. The van der Waals surface area contributed by atoms with Crippen molar-refractivity contribution in [2.45, 2.75) is 45.7 Å². The Morgan fingerprint density at radius 1 is 1.50 bits per heavy atom. The molecule has 1 amide bonds. The minimum Gasteiger partial charge on any atom is -0.356 e. The van der Waals surface area contributed by atoms with Crippen LogP contribution in [0.5, 0.6) is 0 Å². The van der Waals surface area contributed by atoms with Gasteiger partial charge >= 0.3 is 0 Å². The zero-order valence-corrected chi connectivity index (χ0v) is 9.13. The fraction of sp³-hybridized carbons (Fsp3) is 0.800. The van der Waals surface area contributed by atoms with Gasteiger partial charge in [0.05, 0.1) is 12.5 Å². The van der Waals surface area contributed by atoms with Crippen LogP contribution in [-0.4, -0.2) is 24.5 Å². The van der Waals surface area contributed by atoms with Crippen molar-refractivity contribution < 1.29 is 4.79 Å². The van der Waals surface area contributed by atoms with Crippen molar-refractivity contribution in [2.24, 2.45) is 0 Å². The summed E-state index contributed by atoms with van der Waals surface area (Å²) in [6.07, 6.45) is 1.15. The summed E-state index contributed by atoms with van der Waals surface area (Å²) < 4.78 is 0. The molecule has 0 aliphatic rings. The van der Waals surface area contributed by atoms with E-state index in [-0.39, 0.29) is 24.4 Å². The number of hydrogen-bond donors (Lipinski definition) is 2. The lowest BCUT2D eigenvalue weighted by atomic mass is 10.2. The van der Waals surface area contributed by atoms with Gasteiger partial charge in [-0.25, -0.2) is 0 Å². The molecular weight excluding hydrogens is 178 g/mol. The second-order valence-corrected chi connectivity index (χ2v) is 3.56. The van der Waals surface area contributed by atoms with Gasteiger partial charge in [-0.2, -0.15) is 5.26 Å². The second-order valence-electron chi connectivity index (χ2n) is 3.56. The lowest BCUT2D eigenvalue weighted by Gasteiger charge is -2.13. The van der Waals surface area contributed by atoms with Crippen LogP contribution in [0.25, 0.3) is 0 Å². The Labute approximate surface area is 85.7 Å². The minimum absolute atomic E-state index is 0.0634.